The van der Waals surface area contributed by atoms with E-state index in [0.29, 0.717) is 16.6 Å². The van der Waals surface area contributed by atoms with Crippen LogP contribution in [0, 0.1) is 0 Å². The van der Waals surface area contributed by atoms with Crippen molar-refractivity contribution >= 4 is 33.4 Å². The van der Waals surface area contributed by atoms with Crippen LogP contribution in [0.3, 0.4) is 0 Å². The van der Waals surface area contributed by atoms with E-state index in [0.717, 1.165) is 30.3 Å². The normalized spacial score (nSPS) is 20.2. The standard InChI is InChI=1S/C15H19BrClNO/c1-2-12-6-4-3-5-9-18(12)15(19)13-10-11(16)7-8-14(13)17/h7-8,10,12H,2-6,9H2,1H3. The number of carbonyl (C=O) groups is 1. The summed E-state index contributed by atoms with van der Waals surface area (Å²) in [4.78, 5) is 14.7. The van der Waals surface area contributed by atoms with Gasteiger partial charge in [0.15, 0.2) is 0 Å². The second kappa shape index (κ2) is 6.76. The van der Waals surface area contributed by atoms with Gasteiger partial charge in [-0.25, -0.2) is 0 Å². The first-order valence-electron chi connectivity index (χ1n) is 6.89. The third-order valence-electron chi connectivity index (χ3n) is 3.77. The van der Waals surface area contributed by atoms with E-state index in [1.54, 1.807) is 6.07 Å². The summed E-state index contributed by atoms with van der Waals surface area (Å²) in [6, 6.07) is 5.81. The predicted molar refractivity (Wildman–Crippen MR) is 82.7 cm³/mol. The minimum absolute atomic E-state index is 0.0695. The second-order valence-corrected chi connectivity index (χ2v) is 6.36. The Morgan fingerprint density at radius 1 is 1.42 bits per heavy atom. The van der Waals surface area contributed by atoms with E-state index in [1.807, 2.05) is 17.0 Å². The molecule has 2 rings (SSSR count). The number of benzene rings is 1. The maximum absolute atomic E-state index is 12.7. The van der Waals surface area contributed by atoms with Crippen LogP contribution >= 0.6 is 27.5 Å². The summed E-state index contributed by atoms with van der Waals surface area (Å²) in [5, 5.41) is 0.535. The number of hydrogen-bond donors (Lipinski definition) is 0. The molecule has 0 bridgehead atoms. The summed E-state index contributed by atoms with van der Waals surface area (Å²) in [5.41, 5.74) is 0.608. The Kier molecular flexibility index (Phi) is 5.28. The average molecular weight is 345 g/mol. The van der Waals surface area contributed by atoms with Crippen LogP contribution in [0.15, 0.2) is 22.7 Å². The molecule has 0 radical (unpaired) electrons. The minimum atomic E-state index is 0.0695. The minimum Gasteiger partial charge on any atom is -0.336 e. The lowest BCUT2D eigenvalue weighted by Gasteiger charge is -2.29. The van der Waals surface area contributed by atoms with Crippen LogP contribution in [-0.2, 0) is 0 Å². The van der Waals surface area contributed by atoms with Crippen molar-refractivity contribution in [2.75, 3.05) is 6.54 Å². The van der Waals surface area contributed by atoms with Crippen molar-refractivity contribution in [3.8, 4) is 0 Å². The fourth-order valence-electron chi connectivity index (χ4n) is 2.69. The highest BCUT2D eigenvalue weighted by Gasteiger charge is 2.26. The first-order chi connectivity index (χ1) is 9.13. The van der Waals surface area contributed by atoms with Crippen molar-refractivity contribution in [2.24, 2.45) is 0 Å². The van der Waals surface area contributed by atoms with E-state index in [2.05, 4.69) is 22.9 Å². The zero-order valence-corrected chi connectivity index (χ0v) is 13.5. The van der Waals surface area contributed by atoms with Gasteiger partial charge in [-0.1, -0.05) is 47.3 Å². The van der Waals surface area contributed by atoms with Gasteiger partial charge in [-0.15, -0.1) is 0 Å². The number of likely N-dealkylation sites (tertiary alicyclic amines) is 1. The molecule has 0 aliphatic carbocycles. The molecule has 1 amide bonds. The molecule has 104 valence electrons. The Morgan fingerprint density at radius 2 is 2.21 bits per heavy atom. The molecule has 1 heterocycles. The van der Waals surface area contributed by atoms with Gasteiger partial charge < -0.3 is 4.90 Å². The fraction of sp³-hybridized carbons (Fsp3) is 0.533. The van der Waals surface area contributed by atoms with E-state index in [9.17, 15) is 4.79 Å². The third kappa shape index (κ3) is 3.51. The number of amides is 1. The Morgan fingerprint density at radius 3 is 2.95 bits per heavy atom. The molecule has 1 aliphatic rings. The molecule has 1 fully saturated rings. The molecule has 1 aromatic rings. The Hall–Kier alpha value is -0.540. The van der Waals surface area contributed by atoms with Crippen LogP contribution in [0.25, 0.3) is 0 Å². The topological polar surface area (TPSA) is 20.3 Å². The Labute approximate surface area is 128 Å². The molecule has 0 saturated carbocycles. The average Bonchev–Trinajstić information content (AvgIpc) is 2.65. The van der Waals surface area contributed by atoms with Crippen molar-refractivity contribution < 1.29 is 4.79 Å². The van der Waals surface area contributed by atoms with Gasteiger partial charge >= 0.3 is 0 Å². The van der Waals surface area contributed by atoms with Crippen LogP contribution in [0.2, 0.25) is 5.02 Å². The molecule has 4 heteroatoms. The predicted octanol–water partition coefficient (Wildman–Crippen LogP) is 4.90. The van der Waals surface area contributed by atoms with E-state index < -0.39 is 0 Å². The van der Waals surface area contributed by atoms with Crippen LogP contribution in [0.4, 0.5) is 0 Å². The zero-order valence-electron chi connectivity index (χ0n) is 11.2. The SMILES string of the molecule is CCC1CCCCCN1C(=O)c1cc(Br)ccc1Cl. The van der Waals surface area contributed by atoms with Gasteiger partial charge in [0.05, 0.1) is 10.6 Å². The molecular formula is C15H19BrClNO. The maximum atomic E-state index is 12.7. The van der Waals surface area contributed by atoms with Crippen molar-refractivity contribution in [2.45, 2.75) is 45.1 Å². The molecule has 0 spiro atoms. The van der Waals surface area contributed by atoms with Crippen molar-refractivity contribution in [3.05, 3.63) is 33.3 Å². The highest BCUT2D eigenvalue weighted by atomic mass is 79.9. The van der Waals surface area contributed by atoms with Crippen LogP contribution < -0.4 is 0 Å². The van der Waals surface area contributed by atoms with Crippen molar-refractivity contribution in [1.82, 2.24) is 4.90 Å². The van der Waals surface area contributed by atoms with Crippen LogP contribution in [-0.4, -0.2) is 23.4 Å². The highest BCUT2D eigenvalue weighted by Crippen LogP contribution is 2.26. The van der Waals surface area contributed by atoms with Gasteiger partial charge in [-0.05, 0) is 37.5 Å². The molecule has 1 atom stereocenters. The van der Waals surface area contributed by atoms with E-state index in [-0.39, 0.29) is 5.91 Å². The summed E-state index contributed by atoms with van der Waals surface area (Å²) >= 11 is 9.58. The number of rotatable bonds is 2. The first kappa shape index (κ1) is 14.9. The number of nitrogens with zero attached hydrogens (tertiary/aromatic N) is 1. The molecule has 1 saturated heterocycles. The second-order valence-electron chi connectivity index (χ2n) is 5.03. The van der Waals surface area contributed by atoms with Gasteiger partial charge in [0, 0.05) is 17.1 Å². The lowest BCUT2D eigenvalue weighted by Crippen LogP contribution is -2.39. The largest absolute Gasteiger partial charge is 0.336 e. The molecule has 2 nitrogen and oxygen atoms in total. The Balaban J connectivity index is 2.27. The van der Waals surface area contributed by atoms with Crippen LogP contribution in [0.5, 0.6) is 0 Å². The van der Waals surface area contributed by atoms with Crippen LogP contribution in [0.1, 0.15) is 49.4 Å². The Bertz CT molecular complexity index is 463. The molecule has 1 aromatic carbocycles. The summed E-state index contributed by atoms with van der Waals surface area (Å²) in [5.74, 6) is 0.0695. The molecule has 1 aliphatic heterocycles. The van der Waals surface area contributed by atoms with Gasteiger partial charge in [0.1, 0.15) is 0 Å². The number of carbonyl (C=O) groups excluding carboxylic acids is 1. The van der Waals surface area contributed by atoms with E-state index in [1.165, 1.54) is 12.8 Å². The van der Waals surface area contributed by atoms with Crippen molar-refractivity contribution in [3.63, 3.8) is 0 Å². The molecular weight excluding hydrogens is 326 g/mol. The fourth-order valence-corrected chi connectivity index (χ4v) is 3.24. The van der Waals surface area contributed by atoms with Gasteiger partial charge in [-0.3, -0.25) is 4.79 Å². The van der Waals surface area contributed by atoms with Gasteiger partial charge in [-0.2, -0.15) is 0 Å². The number of halogens is 2. The lowest BCUT2D eigenvalue weighted by atomic mass is 10.1. The van der Waals surface area contributed by atoms with E-state index >= 15 is 0 Å². The summed E-state index contributed by atoms with van der Waals surface area (Å²) < 4.78 is 0.892. The quantitative estimate of drug-likeness (QED) is 0.747. The monoisotopic (exact) mass is 343 g/mol. The number of hydrogen-bond acceptors (Lipinski definition) is 1. The van der Waals surface area contributed by atoms with Gasteiger partial charge in [0.25, 0.3) is 5.91 Å². The third-order valence-corrected chi connectivity index (χ3v) is 4.59. The highest BCUT2D eigenvalue weighted by molar-refractivity contribution is 9.10. The molecule has 0 N–H and O–H groups in total. The van der Waals surface area contributed by atoms with E-state index in [4.69, 9.17) is 11.6 Å². The van der Waals surface area contributed by atoms with Crippen molar-refractivity contribution in [1.29, 1.82) is 0 Å². The molecule has 0 aromatic heterocycles. The first-order valence-corrected chi connectivity index (χ1v) is 8.06. The molecule has 1 unspecified atom stereocenters. The zero-order chi connectivity index (χ0) is 13.8. The maximum Gasteiger partial charge on any atom is 0.255 e. The van der Waals surface area contributed by atoms with Gasteiger partial charge in [0.2, 0.25) is 0 Å². The summed E-state index contributed by atoms with van der Waals surface area (Å²) in [6.45, 7) is 3.00. The smallest absolute Gasteiger partial charge is 0.255 e. The summed E-state index contributed by atoms with van der Waals surface area (Å²) in [6.07, 6.45) is 5.64. The summed E-state index contributed by atoms with van der Waals surface area (Å²) in [7, 11) is 0. The molecule has 19 heavy (non-hydrogen) atoms. The lowest BCUT2D eigenvalue weighted by molar-refractivity contribution is 0.0678.